The van der Waals surface area contributed by atoms with Crippen LogP contribution in [0, 0.1) is 0 Å². The fourth-order valence-electron chi connectivity index (χ4n) is 5.51. The van der Waals surface area contributed by atoms with Crippen LogP contribution in [0.15, 0.2) is 89.8 Å². The summed E-state index contributed by atoms with van der Waals surface area (Å²) < 4.78 is 60.3. The third-order valence-electron chi connectivity index (χ3n) is 8.24. The van der Waals surface area contributed by atoms with E-state index >= 15 is 0 Å². The molecule has 0 spiro atoms. The topological polar surface area (TPSA) is 177 Å². The molecular formula is C37H41F3N4O7S. The Hall–Kier alpha value is -5.28. The first kappa shape index (κ1) is 39.5. The summed E-state index contributed by atoms with van der Waals surface area (Å²) in [6, 6.07) is 24.5. The van der Waals surface area contributed by atoms with Gasteiger partial charge in [-0.1, -0.05) is 62.6 Å². The van der Waals surface area contributed by atoms with Crippen LogP contribution in [0.1, 0.15) is 55.3 Å². The van der Waals surface area contributed by atoms with E-state index in [1.807, 2.05) is 24.3 Å². The Bertz CT molecular complexity index is 1920. The van der Waals surface area contributed by atoms with Crippen molar-refractivity contribution in [2.24, 2.45) is 0 Å². The van der Waals surface area contributed by atoms with E-state index in [0.717, 1.165) is 72.9 Å². The number of phenols is 2. The Balaban J connectivity index is 0.000000785. The molecule has 4 aromatic carbocycles. The second kappa shape index (κ2) is 17.8. The quantitative estimate of drug-likeness (QED) is 0.0583. The van der Waals surface area contributed by atoms with Gasteiger partial charge in [-0.2, -0.15) is 13.2 Å². The number of phenolic OH excluding ortho intramolecular Hbond substituents is 2. The summed E-state index contributed by atoms with van der Waals surface area (Å²) in [6.07, 6.45) is 0.726. The number of benzene rings is 4. The van der Waals surface area contributed by atoms with E-state index < -0.39 is 22.2 Å². The fourth-order valence-corrected chi connectivity index (χ4v) is 6.57. The average Bonchev–Trinajstić information content (AvgIpc) is 3.10. The number of carbonyl (C=O) groups excluding carboxylic acids is 1. The molecule has 0 aliphatic carbocycles. The van der Waals surface area contributed by atoms with Crippen molar-refractivity contribution in [3.63, 3.8) is 0 Å². The van der Waals surface area contributed by atoms with Gasteiger partial charge in [-0.25, -0.2) is 18.0 Å². The normalized spacial score (nSPS) is 14.0. The molecule has 0 fully saturated rings. The van der Waals surface area contributed by atoms with Crippen molar-refractivity contribution < 1.29 is 46.5 Å². The molecule has 5 rings (SSSR count). The van der Waals surface area contributed by atoms with Crippen LogP contribution < -0.4 is 20.7 Å². The van der Waals surface area contributed by atoms with Crippen molar-refractivity contribution in [2.45, 2.75) is 62.6 Å². The van der Waals surface area contributed by atoms with E-state index in [4.69, 9.17) is 9.90 Å². The summed E-state index contributed by atoms with van der Waals surface area (Å²) in [7, 11) is -3.82. The Morgan fingerprint density at radius 1 is 0.846 bits per heavy atom. The number of sulfonamides is 1. The van der Waals surface area contributed by atoms with Gasteiger partial charge in [0, 0.05) is 24.0 Å². The predicted molar refractivity (Wildman–Crippen MR) is 192 cm³/mol. The number of aliphatic carboxylic acids is 1. The van der Waals surface area contributed by atoms with Crippen molar-refractivity contribution in [2.75, 3.05) is 23.1 Å². The minimum atomic E-state index is -5.08. The molecule has 52 heavy (non-hydrogen) atoms. The number of anilines is 2. The molecule has 0 aromatic heterocycles. The number of unbranched alkanes of at least 4 members (excludes halogenated alkanes) is 3. The number of rotatable bonds is 12. The predicted octanol–water partition coefficient (Wildman–Crippen LogP) is 7.33. The third-order valence-corrected chi connectivity index (χ3v) is 9.64. The van der Waals surface area contributed by atoms with Crippen LogP contribution in [0.5, 0.6) is 11.5 Å². The SMILES string of the molecule is CCCCCCNC(=O)Nc1ccc(S(=O)(=O)Nc2ccc(-c3ccc(CC4NCCc5cc(O)c(O)cc54)cc3)cc2)cc1.O=C(O)C(F)(F)F. The number of carbonyl (C=O) groups is 2. The number of carboxylic acid groups (broad SMARTS) is 1. The van der Waals surface area contributed by atoms with E-state index in [2.05, 4.69) is 39.7 Å². The van der Waals surface area contributed by atoms with E-state index in [1.165, 1.54) is 12.1 Å². The highest BCUT2D eigenvalue weighted by Gasteiger charge is 2.38. The highest BCUT2D eigenvalue weighted by molar-refractivity contribution is 7.92. The zero-order chi connectivity index (χ0) is 37.9. The van der Waals surface area contributed by atoms with Gasteiger partial charge in [0.25, 0.3) is 10.0 Å². The molecule has 2 amide bonds. The molecule has 278 valence electrons. The number of aromatic hydroxyl groups is 2. The summed E-state index contributed by atoms with van der Waals surface area (Å²) in [5.74, 6) is -2.95. The Morgan fingerprint density at radius 3 is 2.02 bits per heavy atom. The molecule has 11 nitrogen and oxygen atoms in total. The summed E-state index contributed by atoms with van der Waals surface area (Å²) in [5.41, 5.74) is 6.08. The first-order chi connectivity index (χ1) is 24.7. The number of alkyl halides is 3. The van der Waals surface area contributed by atoms with E-state index in [1.54, 1.807) is 36.4 Å². The minimum Gasteiger partial charge on any atom is -0.504 e. The van der Waals surface area contributed by atoms with Gasteiger partial charge >= 0.3 is 18.2 Å². The van der Waals surface area contributed by atoms with Gasteiger partial charge in [0.05, 0.1) is 4.90 Å². The largest absolute Gasteiger partial charge is 0.504 e. The van der Waals surface area contributed by atoms with E-state index in [0.29, 0.717) is 17.9 Å². The second-order valence-electron chi connectivity index (χ2n) is 12.1. The monoisotopic (exact) mass is 742 g/mol. The minimum absolute atomic E-state index is 0.0375. The first-order valence-corrected chi connectivity index (χ1v) is 18.1. The van der Waals surface area contributed by atoms with Crippen LogP contribution in [0.3, 0.4) is 0 Å². The Morgan fingerprint density at radius 2 is 1.42 bits per heavy atom. The summed E-state index contributed by atoms with van der Waals surface area (Å²) >= 11 is 0. The maximum absolute atomic E-state index is 13.0. The third kappa shape index (κ3) is 11.4. The van der Waals surface area contributed by atoms with E-state index in [9.17, 15) is 36.6 Å². The molecule has 7 N–H and O–H groups in total. The van der Waals surface area contributed by atoms with Crippen molar-refractivity contribution in [3.8, 4) is 22.6 Å². The van der Waals surface area contributed by atoms with Crippen LogP contribution >= 0.6 is 0 Å². The molecule has 1 heterocycles. The lowest BCUT2D eigenvalue weighted by Gasteiger charge is -2.27. The number of amides is 2. The molecule has 1 aliphatic rings. The van der Waals surface area contributed by atoms with Gasteiger partial charge in [-0.05, 0) is 102 Å². The van der Waals surface area contributed by atoms with Crippen molar-refractivity contribution in [1.82, 2.24) is 10.6 Å². The Labute approximate surface area is 300 Å². The van der Waals surface area contributed by atoms with Crippen molar-refractivity contribution >= 4 is 33.4 Å². The molecule has 0 bridgehead atoms. The molecular weight excluding hydrogens is 701 g/mol. The number of nitrogens with one attached hydrogen (secondary N) is 4. The zero-order valence-electron chi connectivity index (χ0n) is 28.3. The zero-order valence-corrected chi connectivity index (χ0v) is 29.2. The average molecular weight is 743 g/mol. The number of urea groups is 1. The molecule has 1 aliphatic heterocycles. The second-order valence-corrected chi connectivity index (χ2v) is 13.8. The van der Waals surface area contributed by atoms with Crippen LogP contribution in [0.4, 0.5) is 29.3 Å². The highest BCUT2D eigenvalue weighted by atomic mass is 32.2. The summed E-state index contributed by atoms with van der Waals surface area (Å²) in [5, 5.41) is 36.0. The van der Waals surface area contributed by atoms with Crippen molar-refractivity contribution in [3.05, 3.63) is 102 Å². The maximum Gasteiger partial charge on any atom is 0.490 e. The molecule has 1 unspecified atom stereocenters. The van der Waals surface area contributed by atoms with Crippen LogP contribution in [-0.4, -0.2) is 55.0 Å². The van der Waals surface area contributed by atoms with E-state index in [-0.39, 0.29) is 28.5 Å². The van der Waals surface area contributed by atoms with Gasteiger partial charge in [0.2, 0.25) is 0 Å². The van der Waals surface area contributed by atoms with Crippen molar-refractivity contribution in [1.29, 1.82) is 0 Å². The fraction of sp³-hybridized carbons (Fsp3) is 0.297. The van der Waals surface area contributed by atoms with Crippen LogP contribution in [0.2, 0.25) is 0 Å². The molecule has 0 radical (unpaired) electrons. The number of fused-ring (bicyclic) bond motifs is 1. The van der Waals surface area contributed by atoms with Crippen LogP contribution in [0.25, 0.3) is 11.1 Å². The van der Waals surface area contributed by atoms with Gasteiger partial charge in [-0.3, -0.25) is 4.72 Å². The maximum atomic E-state index is 13.0. The number of hydrogen-bond donors (Lipinski definition) is 7. The number of hydrogen-bond acceptors (Lipinski definition) is 7. The van der Waals surface area contributed by atoms with Crippen LogP contribution in [-0.2, 0) is 27.7 Å². The lowest BCUT2D eigenvalue weighted by Crippen LogP contribution is -2.31. The number of carboxylic acids is 1. The lowest BCUT2D eigenvalue weighted by molar-refractivity contribution is -0.192. The molecule has 1 atom stereocenters. The highest BCUT2D eigenvalue weighted by Crippen LogP contribution is 2.35. The first-order valence-electron chi connectivity index (χ1n) is 16.6. The van der Waals surface area contributed by atoms with Gasteiger partial charge in [0.15, 0.2) is 11.5 Å². The van der Waals surface area contributed by atoms with Gasteiger partial charge in [0.1, 0.15) is 0 Å². The molecule has 4 aromatic rings. The molecule has 15 heteroatoms. The smallest absolute Gasteiger partial charge is 0.490 e. The van der Waals surface area contributed by atoms with Gasteiger partial charge < -0.3 is 31.3 Å². The molecule has 0 saturated carbocycles. The molecule has 0 saturated heterocycles. The Kier molecular flexibility index (Phi) is 13.5. The summed E-state index contributed by atoms with van der Waals surface area (Å²) in [4.78, 5) is 21.1. The standard InChI is InChI=1S/C35H40N4O5S.C2HF3O2/c1-2-3-4-5-19-37-35(42)38-28-14-16-30(17-15-28)45(43,44)39-29-12-10-26(11-13-29)25-8-6-24(7-9-25)21-32-31-23-34(41)33(40)22-27(31)18-20-36-32;3-2(4,5)1(6)7/h6-17,22-23,32,36,39-41H,2-5,18-21H2,1H3,(H2,37,38,42);(H,6,7). The number of halogens is 3. The summed E-state index contributed by atoms with van der Waals surface area (Å²) in [6.45, 7) is 3.54. The lowest BCUT2D eigenvalue weighted by atomic mass is 9.89. The van der Waals surface area contributed by atoms with Gasteiger partial charge in [-0.15, -0.1) is 0 Å².